The van der Waals surface area contributed by atoms with Crippen molar-refractivity contribution in [3.63, 3.8) is 0 Å². The van der Waals surface area contributed by atoms with Crippen LogP contribution >= 0.6 is 0 Å². The van der Waals surface area contributed by atoms with Gasteiger partial charge >= 0.3 is 0 Å². The van der Waals surface area contributed by atoms with Gasteiger partial charge in [0.1, 0.15) is 0 Å². The van der Waals surface area contributed by atoms with E-state index in [1.165, 1.54) is 38.4 Å². The summed E-state index contributed by atoms with van der Waals surface area (Å²) in [6.45, 7) is 9.48. The molecule has 2 N–H and O–H groups in total. The molecular weight excluding hydrogens is 208 g/mol. The van der Waals surface area contributed by atoms with Crippen molar-refractivity contribution in [2.24, 2.45) is 5.73 Å². The molecule has 1 heterocycles. The molecule has 0 aliphatic carbocycles. The average Bonchev–Trinajstić information content (AvgIpc) is 2.42. The van der Waals surface area contributed by atoms with Crippen LogP contribution in [0, 0.1) is 0 Å². The quantitative estimate of drug-likeness (QED) is 0.747. The summed E-state index contributed by atoms with van der Waals surface area (Å²) in [5.74, 6) is 0. The zero-order chi connectivity index (χ0) is 13.7. The van der Waals surface area contributed by atoms with Crippen molar-refractivity contribution in [3.05, 3.63) is 23.8 Å². The molecule has 0 aromatic rings. The highest BCUT2D eigenvalue weighted by Crippen LogP contribution is 2.22. The molecule has 0 aromatic heterocycles. The molecule has 17 heavy (non-hydrogen) atoms. The average molecular weight is 240 g/mol. The summed E-state index contributed by atoms with van der Waals surface area (Å²) >= 11 is 0. The fourth-order valence-electron chi connectivity index (χ4n) is 2.09. The van der Waals surface area contributed by atoms with Crippen molar-refractivity contribution in [3.8, 4) is 0 Å². The van der Waals surface area contributed by atoms with Gasteiger partial charge in [-0.25, -0.2) is 0 Å². The van der Waals surface area contributed by atoms with Crippen LogP contribution in [0.1, 0.15) is 47.0 Å². The molecule has 1 aliphatic heterocycles. The third-order valence-electron chi connectivity index (χ3n) is 2.85. The van der Waals surface area contributed by atoms with E-state index in [1.54, 1.807) is 0 Å². The molecule has 1 saturated heterocycles. The van der Waals surface area contributed by atoms with Crippen molar-refractivity contribution in [2.45, 2.75) is 53.0 Å². The van der Waals surface area contributed by atoms with Gasteiger partial charge in [0.15, 0.2) is 0 Å². The van der Waals surface area contributed by atoms with Crippen molar-refractivity contribution in [1.29, 1.82) is 0 Å². The molecule has 0 amide bonds. The maximum Gasteiger partial charge on any atom is 0.0341 e. The summed E-state index contributed by atoms with van der Waals surface area (Å²) in [6.07, 6.45) is 10.7. The van der Waals surface area contributed by atoms with Crippen LogP contribution in [0.3, 0.4) is 0 Å². The van der Waals surface area contributed by atoms with Crippen molar-refractivity contribution < 1.29 is 0 Å². The number of allylic oxidation sites excluding steroid dienone is 2. The summed E-state index contributed by atoms with van der Waals surface area (Å²) in [6, 6.07) is 0.662. The van der Waals surface area contributed by atoms with Gasteiger partial charge in [-0.05, 0) is 52.9 Å². The summed E-state index contributed by atoms with van der Waals surface area (Å²) in [5, 5.41) is 0. The molecule has 2 heteroatoms. The highest BCUT2D eigenvalue weighted by Gasteiger charge is 2.20. The van der Waals surface area contributed by atoms with E-state index in [2.05, 4.69) is 49.8 Å². The molecule has 0 saturated carbocycles. The number of nitrogens with zero attached hydrogens (tertiary/aromatic N) is 1. The molecule has 1 rings (SSSR count). The number of hydrogen-bond acceptors (Lipinski definition) is 2. The monoisotopic (exact) mass is 240 g/mol. The first-order chi connectivity index (χ1) is 8.29. The van der Waals surface area contributed by atoms with E-state index < -0.39 is 0 Å². The van der Waals surface area contributed by atoms with Crippen LogP contribution in [0.4, 0.5) is 0 Å². The van der Waals surface area contributed by atoms with Crippen LogP contribution in [0.5, 0.6) is 0 Å². The summed E-state index contributed by atoms with van der Waals surface area (Å²) < 4.78 is 0. The number of hydrogen-bond donors (Lipinski definition) is 1. The lowest BCUT2D eigenvalue weighted by Gasteiger charge is -2.33. The van der Waals surface area contributed by atoms with Gasteiger partial charge in [-0.3, -0.25) is 4.90 Å². The van der Waals surface area contributed by atoms with E-state index in [4.69, 9.17) is 0 Å². The van der Waals surface area contributed by atoms with E-state index in [1.807, 2.05) is 13.8 Å². The zero-order valence-corrected chi connectivity index (χ0v) is 12.7. The number of rotatable bonds is 2. The first-order valence-corrected chi connectivity index (χ1v) is 6.86. The lowest BCUT2D eigenvalue weighted by atomic mass is 9.95. The molecule has 1 unspecified atom stereocenters. The minimum absolute atomic E-state index is 0.662. The van der Waals surface area contributed by atoms with Crippen molar-refractivity contribution >= 4 is 0 Å². The number of likely N-dealkylation sites (N-methyl/N-ethyl adjacent to an activating group) is 1. The standard InChI is InChI=1S/C12H21N.C2H6.CH5N/c1-4-8-11(5-2)12-9-6-7-10-13(12)3;2*1-2/h4-5,8,12H,6-7,9-10H2,1-3H3;1-2H3;2H2,1H3/b8-4-,11-5+;;. The van der Waals surface area contributed by atoms with Gasteiger partial charge in [0.05, 0.1) is 0 Å². The SMILES string of the molecule is C/C=C\C(=C/C)C1CCCCN1C.CC.CN. The van der Waals surface area contributed by atoms with Crippen LogP contribution in [0.2, 0.25) is 0 Å². The van der Waals surface area contributed by atoms with Crippen LogP contribution in [-0.4, -0.2) is 31.6 Å². The van der Waals surface area contributed by atoms with Crippen molar-refractivity contribution in [2.75, 3.05) is 20.6 Å². The summed E-state index contributed by atoms with van der Waals surface area (Å²) in [4.78, 5) is 2.47. The molecule has 1 fully saturated rings. The second kappa shape index (κ2) is 13.5. The maximum atomic E-state index is 4.50. The van der Waals surface area contributed by atoms with E-state index in [-0.39, 0.29) is 0 Å². The van der Waals surface area contributed by atoms with Gasteiger partial charge in [0.2, 0.25) is 0 Å². The molecule has 2 nitrogen and oxygen atoms in total. The normalized spacial score (nSPS) is 21.4. The highest BCUT2D eigenvalue weighted by molar-refractivity contribution is 5.24. The Morgan fingerprint density at radius 1 is 1.18 bits per heavy atom. The van der Waals surface area contributed by atoms with Gasteiger partial charge in [-0.2, -0.15) is 0 Å². The Hall–Kier alpha value is -0.600. The minimum Gasteiger partial charge on any atom is -0.333 e. The molecule has 0 spiro atoms. The van der Waals surface area contributed by atoms with Crippen LogP contribution in [-0.2, 0) is 0 Å². The molecule has 102 valence electrons. The van der Waals surface area contributed by atoms with Gasteiger partial charge < -0.3 is 5.73 Å². The van der Waals surface area contributed by atoms with Gasteiger partial charge in [-0.15, -0.1) is 0 Å². The first kappa shape index (κ1) is 18.8. The Bertz CT molecular complexity index is 207. The number of nitrogens with two attached hydrogens (primary N) is 1. The molecule has 0 bridgehead atoms. The van der Waals surface area contributed by atoms with E-state index in [9.17, 15) is 0 Å². The minimum atomic E-state index is 0.662. The summed E-state index contributed by atoms with van der Waals surface area (Å²) in [5.41, 5.74) is 5.98. The second-order valence-electron chi connectivity index (χ2n) is 3.78. The van der Waals surface area contributed by atoms with Crippen molar-refractivity contribution in [1.82, 2.24) is 4.90 Å². The fraction of sp³-hybridized carbons (Fsp3) is 0.733. The fourth-order valence-corrected chi connectivity index (χ4v) is 2.09. The molecular formula is C15H32N2. The summed E-state index contributed by atoms with van der Waals surface area (Å²) in [7, 11) is 3.73. The second-order valence-corrected chi connectivity index (χ2v) is 3.78. The van der Waals surface area contributed by atoms with E-state index >= 15 is 0 Å². The molecule has 0 aromatic carbocycles. The van der Waals surface area contributed by atoms with E-state index in [0.29, 0.717) is 6.04 Å². The first-order valence-electron chi connectivity index (χ1n) is 6.86. The van der Waals surface area contributed by atoms with Gasteiger partial charge in [-0.1, -0.05) is 38.5 Å². The Labute approximate surface area is 109 Å². The van der Waals surface area contributed by atoms with Crippen LogP contribution in [0.25, 0.3) is 0 Å². The zero-order valence-electron chi connectivity index (χ0n) is 12.7. The Morgan fingerprint density at radius 3 is 2.18 bits per heavy atom. The van der Waals surface area contributed by atoms with E-state index in [0.717, 1.165) is 0 Å². The Balaban J connectivity index is 0. The van der Waals surface area contributed by atoms with Gasteiger partial charge in [0.25, 0.3) is 0 Å². The Kier molecular flexibility index (Phi) is 14.9. The molecule has 0 radical (unpaired) electrons. The van der Waals surface area contributed by atoms with Gasteiger partial charge in [0, 0.05) is 6.04 Å². The predicted molar refractivity (Wildman–Crippen MR) is 80.3 cm³/mol. The smallest absolute Gasteiger partial charge is 0.0341 e. The topological polar surface area (TPSA) is 29.3 Å². The third-order valence-corrected chi connectivity index (χ3v) is 2.85. The molecule has 1 aliphatic rings. The van der Waals surface area contributed by atoms with Crippen LogP contribution < -0.4 is 5.73 Å². The third kappa shape index (κ3) is 7.35. The lowest BCUT2D eigenvalue weighted by Crippen LogP contribution is -2.37. The Morgan fingerprint density at radius 2 is 1.76 bits per heavy atom. The number of likely N-dealkylation sites (tertiary alicyclic amines) is 1. The number of piperidine rings is 1. The maximum absolute atomic E-state index is 4.50. The highest BCUT2D eigenvalue weighted by atomic mass is 15.1. The lowest BCUT2D eigenvalue weighted by molar-refractivity contribution is 0.215. The van der Waals surface area contributed by atoms with Crippen LogP contribution in [0.15, 0.2) is 23.8 Å². The molecule has 1 atom stereocenters. The largest absolute Gasteiger partial charge is 0.333 e. The predicted octanol–water partition coefficient (Wildman–Crippen LogP) is 3.59.